The summed E-state index contributed by atoms with van der Waals surface area (Å²) in [7, 11) is 0. The highest BCUT2D eigenvalue weighted by Gasteiger charge is 2.21. The summed E-state index contributed by atoms with van der Waals surface area (Å²) < 4.78 is 0. The Morgan fingerprint density at radius 1 is 1.35 bits per heavy atom. The molecule has 0 saturated heterocycles. The van der Waals surface area contributed by atoms with E-state index in [0.717, 1.165) is 42.5 Å². The summed E-state index contributed by atoms with van der Waals surface area (Å²) in [5.74, 6) is 0.0432. The normalized spacial score (nSPS) is 13.8. The van der Waals surface area contributed by atoms with Gasteiger partial charge in [-0.3, -0.25) is 9.89 Å². The van der Waals surface area contributed by atoms with Crippen LogP contribution >= 0.6 is 0 Å². The minimum Gasteiger partial charge on any atom is -0.508 e. The molecule has 0 aliphatic heterocycles. The number of nitrogens with zero attached hydrogens (tertiary/aromatic N) is 1. The zero-order chi connectivity index (χ0) is 13.9. The average Bonchev–Trinajstić information content (AvgIpc) is 2.89. The molecule has 1 aliphatic carbocycles. The zero-order valence-corrected chi connectivity index (χ0v) is 11.1. The number of nitrogens with one attached hydrogen (secondary N) is 2. The maximum Gasteiger partial charge on any atom is 0.272 e. The molecule has 1 aliphatic rings. The quantitative estimate of drug-likeness (QED) is 0.798. The SMILES string of the molecule is O=C(NCc1cccc(O)c1)c1n[nH]c2c1CCCC2. The number of phenolic OH excluding ortho intramolecular Hbond substituents is 1. The molecule has 20 heavy (non-hydrogen) atoms. The van der Waals surface area contributed by atoms with Gasteiger partial charge < -0.3 is 10.4 Å². The standard InChI is InChI=1S/C15H17N3O2/c19-11-5-3-4-10(8-11)9-16-15(20)14-12-6-1-2-7-13(12)17-18-14/h3-5,8,19H,1-2,6-7,9H2,(H,16,20)(H,17,18). The summed E-state index contributed by atoms with van der Waals surface area (Å²) in [4.78, 5) is 12.2. The van der Waals surface area contributed by atoms with Crippen LogP contribution in [0, 0.1) is 0 Å². The number of carbonyl (C=O) groups excluding carboxylic acids is 1. The van der Waals surface area contributed by atoms with Crippen molar-refractivity contribution in [3.05, 3.63) is 46.8 Å². The lowest BCUT2D eigenvalue weighted by Gasteiger charge is -2.11. The molecule has 1 aromatic heterocycles. The number of fused-ring (bicyclic) bond motifs is 1. The second kappa shape index (κ2) is 5.36. The van der Waals surface area contributed by atoms with Gasteiger partial charge in [0.15, 0.2) is 5.69 Å². The summed E-state index contributed by atoms with van der Waals surface area (Å²) >= 11 is 0. The molecule has 0 unspecified atom stereocenters. The molecule has 2 aromatic rings. The molecule has 1 heterocycles. The number of aryl methyl sites for hydroxylation is 1. The number of phenols is 1. The number of hydrogen-bond acceptors (Lipinski definition) is 3. The Labute approximate surface area is 117 Å². The Kier molecular flexibility index (Phi) is 3.41. The highest BCUT2D eigenvalue weighted by atomic mass is 16.3. The van der Waals surface area contributed by atoms with Gasteiger partial charge in [0.05, 0.1) is 0 Å². The summed E-state index contributed by atoms with van der Waals surface area (Å²) in [6.07, 6.45) is 4.15. The fraction of sp³-hybridized carbons (Fsp3) is 0.333. The van der Waals surface area contributed by atoms with Crippen molar-refractivity contribution in [2.75, 3.05) is 0 Å². The van der Waals surface area contributed by atoms with E-state index >= 15 is 0 Å². The van der Waals surface area contributed by atoms with Crippen LogP contribution in [-0.2, 0) is 19.4 Å². The van der Waals surface area contributed by atoms with Crippen LogP contribution in [0.3, 0.4) is 0 Å². The van der Waals surface area contributed by atoms with Crippen molar-refractivity contribution in [3.63, 3.8) is 0 Å². The number of benzene rings is 1. The van der Waals surface area contributed by atoms with E-state index in [1.165, 1.54) is 0 Å². The average molecular weight is 271 g/mol. The monoisotopic (exact) mass is 271 g/mol. The van der Waals surface area contributed by atoms with Crippen molar-refractivity contribution >= 4 is 5.91 Å². The number of aromatic amines is 1. The highest BCUT2D eigenvalue weighted by molar-refractivity contribution is 5.94. The summed E-state index contributed by atoms with van der Waals surface area (Å²) in [5, 5.41) is 19.3. The van der Waals surface area contributed by atoms with Gasteiger partial charge in [0.25, 0.3) is 5.91 Å². The van der Waals surface area contributed by atoms with Crippen molar-refractivity contribution in [3.8, 4) is 5.75 Å². The third kappa shape index (κ3) is 2.52. The minimum atomic E-state index is -0.159. The number of rotatable bonds is 3. The third-order valence-electron chi connectivity index (χ3n) is 3.64. The predicted octanol–water partition coefficient (Wildman–Crippen LogP) is 1.92. The summed E-state index contributed by atoms with van der Waals surface area (Å²) in [6.45, 7) is 0.384. The van der Waals surface area contributed by atoms with E-state index in [-0.39, 0.29) is 11.7 Å². The van der Waals surface area contributed by atoms with Crippen LogP contribution in [0.25, 0.3) is 0 Å². The van der Waals surface area contributed by atoms with E-state index in [0.29, 0.717) is 12.2 Å². The topological polar surface area (TPSA) is 78.0 Å². The Morgan fingerprint density at radius 3 is 3.05 bits per heavy atom. The number of H-pyrrole nitrogens is 1. The molecule has 3 rings (SSSR count). The Balaban J connectivity index is 1.69. The second-order valence-electron chi connectivity index (χ2n) is 5.09. The van der Waals surface area contributed by atoms with Gasteiger partial charge >= 0.3 is 0 Å². The third-order valence-corrected chi connectivity index (χ3v) is 3.64. The molecule has 0 atom stereocenters. The highest BCUT2D eigenvalue weighted by Crippen LogP contribution is 2.22. The lowest BCUT2D eigenvalue weighted by atomic mass is 9.96. The number of carbonyl (C=O) groups is 1. The van der Waals surface area contributed by atoms with Crippen LogP contribution in [0.2, 0.25) is 0 Å². The molecule has 5 nitrogen and oxygen atoms in total. The van der Waals surface area contributed by atoms with E-state index in [9.17, 15) is 9.90 Å². The Bertz CT molecular complexity index is 634. The predicted molar refractivity (Wildman–Crippen MR) is 74.5 cm³/mol. The molecule has 5 heteroatoms. The lowest BCUT2D eigenvalue weighted by molar-refractivity contribution is 0.0944. The molecular weight excluding hydrogens is 254 g/mol. The Hall–Kier alpha value is -2.30. The van der Waals surface area contributed by atoms with Gasteiger partial charge in [0.1, 0.15) is 5.75 Å². The maximum atomic E-state index is 12.2. The van der Waals surface area contributed by atoms with E-state index in [1.54, 1.807) is 18.2 Å². The lowest BCUT2D eigenvalue weighted by Crippen LogP contribution is -2.24. The van der Waals surface area contributed by atoms with Crippen LogP contribution in [0.15, 0.2) is 24.3 Å². The van der Waals surface area contributed by atoms with Crippen molar-refractivity contribution in [1.82, 2.24) is 15.5 Å². The van der Waals surface area contributed by atoms with Crippen molar-refractivity contribution < 1.29 is 9.90 Å². The minimum absolute atomic E-state index is 0.159. The van der Waals surface area contributed by atoms with Gasteiger partial charge in [0, 0.05) is 17.8 Å². The molecule has 0 bridgehead atoms. The maximum absolute atomic E-state index is 12.2. The molecule has 3 N–H and O–H groups in total. The number of aromatic nitrogens is 2. The first-order valence-corrected chi connectivity index (χ1v) is 6.86. The van der Waals surface area contributed by atoms with E-state index in [2.05, 4.69) is 15.5 Å². The molecular formula is C15H17N3O2. The molecule has 0 saturated carbocycles. The van der Waals surface area contributed by atoms with Gasteiger partial charge in [0.2, 0.25) is 0 Å². The Morgan fingerprint density at radius 2 is 2.20 bits per heavy atom. The van der Waals surface area contributed by atoms with Gasteiger partial charge in [-0.1, -0.05) is 12.1 Å². The van der Waals surface area contributed by atoms with Crippen LogP contribution < -0.4 is 5.32 Å². The van der Waals surface area contributed by atoms with Gasteiger partial charge in [-0.25, -0.2) is 0 Å². The van der Waals surface area contributed by atoms with E-state index in [1.807, 2.05) is 6.07 Å². The number of aromatic hydroxyl groups is 1. The molecule has 0 radical (unpaired) electrons. The van der Waals surface area contributed by atoms with Crippen molar-refractivity contribution in [1.29, 1.82) is 0 Å². The first-order valence-electron chi connectivity index (χ1n) is 6.86. The zero-order valence-electron chi connectivity index (χ0n) is 11.1. The first-order chi connectivity index (χ1) is 9.74. The van der Waals surface area contributed by atoms with Crippen LogP contribution in [0.1, 0.15) is 40.2 Å². The molecule has 0 fully saturated rings. The van der Waals surface area contributed by atoms with Gasteiger partial charge in [-0.15, -0.1) is 0 Å². The van der Waals surface area contributed by atoms with Crippen molar-refractivity contribution in [2.45, 2.75) is 32.2 Å². The summed E-state index contributed by atoms with van der Waals surface area (Å²) in [6, 6.07) is 6.86. The molecule has 1 amide bonds. The smallest absolute Gasteiger partial charge is 0.272 e. The second-order valence-corrected chi connectivity index (χ2v) is 5.09. The van der Waals surface area contributed by atoms with Gasteiger partial charge in [-0.2, -0.15) is 5.10 Å². The fourth-order valence-corrected chi connectivity index (χ4v) is 2.60. The van der Waals surface area contributed by atoms with Crippen LogP contribution in [-0.4, -0.2) is 21.2 Å². The molecule has 1 aromatic carbocycles. The fourth-order valence-electron chi connectivity index (χ4n) is 2.60. The van der Waals surface area contributed by atoms with Crippen molar-refractivity contribution in [2.24, 2.45) is 0 Å². The first kappa shape index (κ1) is 12.7. The van der Waals surface area contributed by atoms with E-state index in [4.69, 9.17) is 0 Å². The number of hydrogen-bond donors (Lipinski definition) is 3. The van der Waals surface area contributed by atoms with Gasteiger partial charge in [-0.05, 0) is 43.4 Å². The number of amides is 1. The van der Waals surface area contributed by atoms with E-state index < -0.39 is 0 Å². The van der Waals surface area contributed by atoms with Crippen LogP contribution in [0.5, 0.6) is 5.75 Å². The molecule has 104 valence electrons. The molecule has 0 spiro atoms. The summed E-state index contributed by atoms with van der Waals surface area (Å²) in [5.41, 5.74) is 3.53. The largest absolute Gasteiger partial charge is 0.508 e. The van der Waals surface area contributed by atoms with Crippen LogP contribution in [0.4, 0.5) is 0 Å².